The van der Waals surface area contributed by atoms with E-state index in [0.29, 0.717) is 31.5 Å². The van der Waals surface area contributed by atoms with Gasteiger partial charge in [-0.05, 0) is 57.3 Å². The molecule has 2 unspecified atom stereocenters. The number of hydrogen-bond acceptors (Lipinski definition) is 6. The standard InChI is InChI=1S/C42H74O6/c1-4-5-6-7-21-26-31-39-40(48-39)32-27-22-17-15-19-24-29-34-42(45)47-36-38(43)35-46-41(44)33-28-23-18-14-12-10-8-9-11-13-16-20-25-30-37(2)3/h15,19,21-22,26-27,37-40,43H,4-14,16-18,20,23-25,28-36H2,1-3H3/b19-15-,26-21-,27-22-/t38-,39?,40?/m1/s1. The highest BCUT2D eigenvalue weighted by atomic mass is 16.6. The lowest BCUT2D eigenvalue weighted by Crippen LogP contribution is -2.25. The van der Waals surface area contributed by atoms with Gasteiger partial charge in [0.1, 0.15) is 19.3 Å². The van der Waals surface area contributed by atoms with Crippen LogP contribution in [0.15, 0.2) is 36.5 Å². The molecule has 1 N–H and O–H groups in total. The first-order valence-corrected chi connectivity index (χ1v) is 20.0. The second-order valence-corrected chi connectivity index (χ2v) is 14.3. The molecule has 48 heavy (non-hydrogen) atoms. The molecule has 0 spiro atoms. The van der Waals surface area contributed by atoms with E-state index >= 15 is 0 Å². The van der Waals surface area contributed by atoms with Crippen molar-refractivity contribution in [2.45, 2.75) is 200 Å². The number of epoxide rings is 1. The molecule has 0 bridgehead atoms. The number of hydrogen-bond donors (Lipinski definition) is 1. The fourth-order valence-electron chi connectivity index (χ4n) is 5.77. The Hall–Kier alpha value is -1.92. The second-order valence-electron chi connectivity index (χ2n) is 14.3. The van der Waals surface area contributed by atoms with Crippen LogP contribution in [0.2, 0.25) is 0 Å². The molecule has 0 aromatic carbocycles. The van der Waals surface area contributed by atoms with Crippen LogP contribution >= 0.6 is 0 Å². The van der Waals surface area contributed by atoms with Crippen molar-refractivity contribution in [3.63, 3.8) is 0 Å². The SMILES string of the molecule is CCCCC/C=C\CC1OC1C/C=C\C/C=C\CCCC(=O)OC[C@H](O)COC(=O)CCCCCCCCCCCCCCCC(C)C. The predicted octanol–water partition coefficient (Wildman–Crippen LogP) is 11.3. The average molecular weight is 675 g/mol. The molecule has 1 saturated heterocycles. The molecule has 1 heterocycles. The summed E-state index contributed by atoms with van der Waals surface area (Å²) in [6.45, 7) is 6.57. The Kier molecular flexibility index (Phi) is 29.7. The molecule has 0 aromatic rings. The summed E-state index contributed by atoms with van der Waals surface area (Å²) in [5.74, 6) is 0.211. The molecule has 278 valence electrons. The molecule has 1 fully saturated rings. The number of unbranched alkanes of at least 4 members (excludes halogenated alkanes) is 16. The molecular weight excluding hydrogens is 600 g/mol. The Morgan fingerprint density at radius 3 is 1.62 bits per heavy atom. The number of aliphatic hydroxyl groups is 1. The van der Waals surface area contributed by atoms with Gasteiger partial charge in [-0.25, -0.2) is 0 Å². The molecule has 3 atom stereocenters. The summed E-state index contributed by atoms with van der Waals surface area (Å²) in [6, 6.07) is 0. The van der Waals surface area contributed by atoms with Crippen LogP contribution in [0.4, 0.5) is 0 Å². The third kappa shape index (κ3) is 30.2. The van der Waals surface area contributed by atoms with Gasteiger partial charge < -0.3 is 19.3 Å². The molecule has 6 nitrogen and oxygen atoms in total. The highest BCUT2D eigenvalue weighted by molar-refractivity contribution is 5.69. The Morgan fingerprint density at radius 2 is 1.06 bits per heavy atom. The third-order valence-corrected chi connectivity index (χ3v) is 8.96. The summed E-state index contributed by atoms with van der Waals surface area (Å²) in [5.41, 5.74) is 0. The van der Waals surface area contributed by atoms with Gasteiger partial charge in [0, 0.05) is 12.8 Å². The van der Waals surface area contributed by atoms with Crippen LogP contribution in [-0.4, -0.2) is 48.6 Å². The van der Waals surface area contributed by atoms with Gasteiger partial charge in [-0.2, -0.15) is 0 Å². The Balaban J connectivity index is 1.85. The number of ether oxygens (including phenoxy) is 3. The van der Waals surface area contributed by atoms with Crippen LogP contribution in [0.1, 0.15) is 181 Å². The minimum Gasteiger partial charge on any atom is -0.463 e. The van der Waals surface area contributed by atoms with Crippen molar-refractivity contribution >= 4 is 11.9 Å². The Labute approximate surface area is 295 Å². The maximum absolute atomic E-state index is 12.0. The zero-order chi connectivity index (χ0) is 34.9. The molecule has 0 aliphatic carbocycles. The maximum Gasteiger partial charge on any atom is 0.305 e. The van der Waals surface area contributed by atoms with E-state index in [9.17, 15) is 14.7 Å². The van der Waals surface area contributed by atoms with Gasteiger partial charge in [0.15, 0.2) is 0 Å². The summed E-state index contributed by atoms with van der Waals surface area (Å²) >= 11 is 0. The van der Waals surface area contributed by atoms with E-state index in [4.69, 9.17) is 14.2 Å². The summed E-state index contributed by atoms with van der Waals surface area (Å²) in [7, 11) is 0. The van der Waals surface area contributed by atoms with Gasteiger partial charge in [-0.3, -0.25) is 9.59 Å². The van der Waals surface area contributed by atoms with Crippen LogP contribution in [0.25, 0.3) is 0 Å². The lowest BCUT2D eigenvalue weighted by Gasteiger charge is -2.12. The van der Waals surface area contributed by atoms with Crippen molar-refractivity contribution in [1.29, 1.82) is 0 Å². The fourth-order valence-corrected chi connectivity index (χ4v) is 5.77. The Morgan fingerprint density at radius 1 is 0.604 bits per heavy atom. The average Bonchev–Trinajstić information content (AvgIpc) is 3.82. The summed E-state index contributed by atoms with van der Waals surface area (Å²) in [6.07, 6.45) is 40.9. The second kappa shape index (κ2) is 32.3. The molecule has 6 heteroatoms. The normalized spacial score (nSPS) is 16.9. The first kappa shape index (κ1) is 44.1. The van der Waals surface area contributed by atoms with E-state index < -0.39 is 6.10 Å². The van der Waals surface area contributed by atoms with Crippen molar-refractivity contribution in [2.24, 2.45) is 5.92 Å². The number of rotatable bonds is 34. The van der Waals surface area contributed by atoms with Crippen molar-refractivity contribution < 1.29 is 28.9 Å². The quantitative estimate of drug-likeness (QED) is 0.0316. The third-order valence-electron chi connectivity index (χ3n) is 8.96. The summed E-state index contributed by atoms with van der Waals surface area (Å²) in [4.78, 5) is 23.9. The van der Waals surface area contributed by atoms with E-state index in [1.54, 1.807) is 0 Å². The number of aliphatic hydroxyl groups excluding tert-OH is 1. The van der Waals surface area contributed by atoms with E-state index in [0.717, 1.165) is 50.9 Å². The molecule has 1 rings (SSSR count). The fraction of sp³-hybridized carbons (Fsp3) is 0.810. The highest BCUT2D eigenvalue weighted by Gasteiger charge is 2.35. The predicted molar refractivity (Wildman–Crippen MR) is 200 cm³/mol. The number of esters is 2. The molecule has 1 aliphatic heterocycles. The van der Waals surface area contributed by atoms with E-state index in [-0.39, 0.29) is 25.2 Å². The first-order chi connectivity index (χ1) is 23.4. The monoisotopic (exact) mass is 675 g/mol. The number of carbonyl (C=O) groups is 2. The smallest absolute Gasteiger partial charge is 0.305 e. The van der Waals surface area contributed by atoms with Gasteiger partial charge in [0.2, 0.25) is 0 Å². The Bertz CT molecular complexity index is 847. The molecule has 0 aromatic heterocycles. The number of allylic oxidation sites excluding steroid dienone is 4. The number of carbonyl (C=O) groups excluding carboxylic acids is 2. The highest BCUT2D eigenvalue weighted by Crippen LogP contribution is 2.29. The summed E-state index contributed by atoms with van der Waals surface area (Å²) < 4.78 is 16.0. The topological polar surface area (TPSA) is 85.4 Å². The van der Waals surface area contributed by atoms with Crippen molar-refractivity contribution in [3.8, 4) is 0 Å². The molecule has 1 aliphatic rings. The van der Waals surface area contributed by atoms with Gasteiger partial charge in [0.05, 0.1) is 12.2 Å². The van der Waals surface area contributed by atoms with E-state index in [2.05, 4.69) is 57.2 Å². The lowest BCUT2D eigenvalue weighted by molar-refractivity contribution is -0.152. The molecular formula is C42H74O6. The lowest BCUT2D eigenvalue weighted by atomic mass is 10.0. The van der Waals surface area contributed by atoms with Crippen LogP contribution in [0.5, 0.6) is 0 Å². The van der Waals surface area contributed by atoms with Crippen molar-refractivity contribution in [2.75, 3.05) is 13.2 Å². The minimum absolute atomic E-state index is 0.135. The van der Waals surface area contributed by atoms with E-state index in [1.165, 1.54) is 96.3 Å². The van der Waals surface area contributed by atoms with Gasteiger partial charge in [-0.1, -0.05) is 154 Å². The maximum atomic E-state index is 12.0. The summed E-state index contributed by atoms with van der Waals surface area (Å²) in [5, 5.41) is 10.0. The van der Waals surface area contributed by atoms with Crippen LogP contribution in [-0.2, 0) is 23.8 Å². The van der Waals surface area contributed by atoms with E-state index in [1.807, 2.05) is 0 Å². The molecule has 0 saturated carbocycles. The first-order valence-electron chi connectivity index (χ1n) is 20.0. The van der Waals surface area contributed by atoms with Crippen molar-refractivity contribution in [3.05, 3.63) is 36.5 Å². The largest absolute Gasteiger partial charge is 0.463 e. The zero-order valence-electron chi connectivity index (χ0n) is 31.4. The van der Waals surface area contributed by atoms with Gasteiger partial charge in [-0.15, -0.1) is 0 Å². The van der Waals surface area contributed by atoms with Gasteiger partial charge >= 0.3 is 11.9 Å². The van der Waals surface area contributed by atoms with Crippen LogP contribution < -0.4 is 0 Å². The molecule has 0 amide bonds. The minimum atomic E-state index is -0.988. The van der Waals surface area contributed by atoms with Crippen molar-refractivity contribution in [1.82, 2.24) is 0 Å². The van der Waals surface area contributed by atoms with Crippen LogP contribution in [0.3, 0.4) is 0 Å². The van der Waals surface area contributed by atoms with Crippen LogP contribution in [0, 0.1) is 5.92 Å². The van der Waals surface area contributed by atoms with Gasteiger partial charge in [0.25, 0.3) is 0 Å². The molecule has 0 radical (unpaired) electrons. The zero-order valence-corrected chi connectivity index (χ0v) is 31.4.